The number of hydrogen-bond donors (Lipinski definition) is 0. The fourth-order valence-electron chi connectivity index (χ4n) is 4.20. The zero-order valence-electron chi connectivity index (χ0n) is 17.8. The van der Waals surface area contributed by atoms with Gasteiger partial charge in [-0.05, 0) is 47.0 Å². The van der Waals surface area contributed by atoms with Crippen molar-refractivity contribution in [2.75, 3.05) is 0 Å². The molecule has 4 rings (SSSR count). The number of hydrogen-bond acceptors (Lipinski definition) is 1. The third-order valence-corrected chi connectivity index (χ3v) is 5.79. The molecule has 0 saturated carbocycles. The minimum Gasteiger partial charge on any atom is -0.240 e. The van der Waals surface area contributed by atoms with Gasteiger partial charge in [0.25, 0.3) is 0 Å². The molecular formula is C26H29BN2. The Morgan fingerprint density at radius 2 is 1.66 bits per heavy atom. The molecule has 2 aromatic carbocycles. The molecule has 1 aliphatic heterocycles. The second-order valence-electron chi connectivity index (χ2n) is 8.54. The van der Waals surface area contributed by atoms with E-state index in [9.17, 15) is 0 Å². The molecule has 0 bridgehead atoms. The number of nitrogens with zero attached hydrogens (tertiary/aromatic N) is 2. The van der Waals surface area contributed by atoms with Gasteiger partial charge in [0.05, 0.1) is 11.9 Å². The Balaban J connectivity index is 1.73. The van der Waals surface area contributed by atoms with Crippen LogP contribution in [0.1, 0.15) is 50.7 Å². The lowest BCUT2D eigenvalue weighted by molar-refractivity contribution is 0.838. The molecule has 0 radical (unpaired) electrons. The zero-order valence-corrected chi connectivity index (χ0v) is 17.8. The number of allylic oxidation sites excluding steroid dienone is 3. The summed E-state index contributed by atoms with van der Waals surface area (Å²) in [6.07, 6.45) is 11.8. The number of rotatable bonds is 5. The highest BCUT2D eigenvalue weighted by molar-refractivity contribution is 6.78. The van der Waals surface area contributed by atoms with Crippen LogP contribution in [0.2, 0.25) is 6.32 Å². The van der Waals surface area contributed by atoms with Crippen molar-refractivity contribution in [3.8, 4) is 16.8 Å². The van der Waals surface area contributed by atoms with Gasteiger partial charge in [-0.3, -0.25) is 0 Å². The molecule has 0 unspecified atom stereocenters. The van der Waals surface area contributed by atoms with Crippen molar-refractivity contribution >= 4 is 12.2 Å². The van der Waals surface area contributed by atoms with E-state index < -0.39 is 0 Å². The molecule has 3 heteroatoms. The molecule has 0 spiro atoms. The molecule has 2 nitrogen and oxygen atoms in total. The molecule has 0 atom stereocenters. The van der Waals surface area contributed by atoms with Gasteiger partial charge in [0.1, 0.15) is 0 Å². The van der Waals surface area contributed by atoms with Crippen molar-refractivity contribution < 1.29 is 0 Å². The third-order valence-electron chi connectivity index (χ3n) is 5.79. The van der Waals surface area contributed by atoms with Gasteiger partial charge in [0, 0.05) is 11.8 Å². The highest BCUT2D eigenvalue weighted by atomic mass is 15.3. The second kappa shape index (κ2) is 8.28. The van der Waals surface area contributed by atoms with Gasteiger partial charge in [-0.2, -0.15) is 5.10 Å². The van der Waals surface area contributed by atoms with Crippen molar-refractivity contribution in [2.45, 2.75) is 45.9 Å². The SMILES string of the molecule is CC(C)c1cccc(C(C)C)c1-c1cnn(-c2cccc(B3C=CC=CC3)c2)c1. The van der Waals surface area contributed by atoms with Crippen molar-refractivity contribution in [1.29, 1.82) is 0 Å². The standard InChI is InChI=1S/C26H29BN2/c1-19(2)24-12-9-13-25(20(3)4)26(24)21-17-28-29(18-21)23-11-8-10-22(16-23)27-14-6-5-7-15-27/h5-14,16-20H,15H2,1-4H3. The molecule has 0 amide bonds. The Bertz CT molecular complexity index is 1030. The third kappa shape index (κ3) is 4.00. The summed E-state index contributed by atoms with van der Waals surface area (Å²) in [6, 6.07) is 15.5. The molecule has 0 N–H and O–H groups in total. The maximum atomic E-state index is 4.73. The van der Waals surface area contributed by atoms with E-state index in [0.717, 1.165) is 12.0 Å². The lowest BCUT2D eigenvalue weighted by Gasteiger charge is -2.18. The van der Waals surface area contributed by atoms with Crippen molar-refractivity contribution in [3.63, 3.8) is 0 Å². The first-order valence-electron chi connectivity index (χ1n) is 10.7. The molecule has 0 aliphatic carbocycles. The molecule has 0 saturated heterocycles. The lowest BCUT2D eigenvalue weighted by Crippen LogP contribution is -2.28. The lowest BCUT2D eigenvalue weighted by atomic mass is 9.42. The normalized spacial score (nSPS) is 13.7. The summed E-state index contributed by atoms with van der Waals surface area (Å²) in [5.41, 5.74) is 7.78. The van der Waals surface area contributed by atoms with E-state index >= 15 is 0 Å². The Morgan fingerprint density at radius 1 is 0.931 bits per heavy atom. The predicted molar refractivity (Wildman–Crippen MR) is 126 cm³/mol. The van der Waals surface area contributed by atoms with Crippen LogP contribution < -0.4 is 5.46 Å². The van der Waals surface area contributed by atoms with Gasteiger partial charge >= 0.3 is 0 Å². The highest BCUT2D eigenvalue weighted by Crippen LogP contribution is 2.36. The van der Waals surface area contributed by atoms with Gasteiger partial charge in [-0.15, -0.1) is 5.98 Å². The number of aromatic nitrogens is 2. The summed E-state index contributed by atoms with van der Waals surface area (Å²) in [4.78, 5) is 0. The van der Waals surface area contributed by atoms with E-state index in [4.69, 9.17) is 5.10 Å². The van der Waals surface area contributed by atoms with E-state index in [-0.39, 0.29) is 0 Å². The van der Waals surface area contributed by atoms with Crippen LogP contribution in [0.25, 0.3) is 16.8 Å². The first-order valence-corrected chi connectivity index (χ1v) is 10.7. The van der Waals surface area contributed by atoms with E-state index in [2.05, 4.69) is 101 Å². The van der Waals surface area contributed by atoms with Crippen molar-refractivity contribution in [3.05, 3.63) is 90.2 Å². The maximum Gasteiger partial charge on any atom is 0.204 e. The van der Waals surface area contributed by atoms with Crippen LogP contribution >= 0.6 is 0 Å². The van der Waals surface area contributed by atoms with Crippen LogP contribution in [0, 0.1) is 0 Å². The fourth-order valence-corrected chi connectivity index (χ4v) is 4.20. The van der Waals surface area contributed by atoms with Crippen LogP contribution in [0.4, 0.5) is 0 Å². The predicted octanol–water partition coefficient (Wildman–Crippen LogP) is 6.15. The summed E-state index contributed by atoms with van der Waals surface area (Å²) in [5, 5.41) is 4.73. The zero-order chi connectivity index (χ0) is 20.4. The van der Waals surface area contributed by atoms with E-state index in [1.54, 1.807) is 0 Å². The maximum absolute atomic E-state index is 4.73. The summed E-state index contributed by atoms with van der Waals surface area (Å²) in [6.45, 7) is 9.52. The molecular weight excluding hydrogens is 351 g/mol. The molecule has 1 aliphatic rings. The summed E-state index contributed by atoms with van der Waals surface area (Å²) in [5.74, 6) is 3.23. The van der Waals surface area contributed by atoms with Gasteiger partial charge in [-0.1, -0.05) is 81.7 Å². The summed E-state index contributed by atoms with van der Waals surface area (Å²) >= 11 is 0. The van der Waals surface area contributed by atoms with Gasteiger partial charge in [0.2, 0.25) is 6.71 Å². The fraction of sp³-hybridized carbons (Fsp3) is 0.269. The van der Waals surface area contributed by atoms with Crippen molar-refractivity contribution in [1.82, 2.24) is 9.78 Å². The molecule has 29 heavy (non-hydrogen) atoms. The Morgan fingerprint density at radius 3 is 2.31 bits per heavy atom. The summed E-state index contributed by atoms with van der Waals surface area (Å²) < 4.78 is 2.02. The first-order chi connectivity index (χ1) is 14.0. The van der Waals surface area contributed by atoms with Crippen LogP contribution in [-0.2, 0) is 0 Å². The monoisotopic (exact) mass is 380 g/mol. The molecule has 146 valence electrons. The Kier molecular flexibility index (Phi) is 5.57. The molecule has 0 fully saturated rings. The van der Waals surface area contributed by atoms with E-state index in [0.29, 0.717) is 18.5 Å². The highest BCUT2D eigenvalue weighted by Gasteiger charge is 2.18. The molecule has 1 aromatic heterocycles. The van der Waals surface area contributed by atoms with E-state index in [1.165, 1.54) is 27.7 Å². The van der Waals surface area contributed by atoms with Gasteiger partial charge < -0.3 is 0 Å². The molecule has 2 heterocycles. The minimum atomic E-state index is 0.448. The van der Waals surface area contributed by atoms with Crippen LogP contribution in [0.5, 0.6) is 0 Å². The minimum absolute atomic E-state index is 0.448. The topological polar surface area (TPSA) is 17.8 Å². The van der Waals surface area contributed by atoms with Crippen LogP contribution in [0.3, 0.4) is 0 Å². The molecule has 3 aromatic rings. The Labute approximate surface area is 175 Å². The number of benzene rings is 2. The van der Waals surface area contributed by atoms with Gasteiger partial charge in [0.15, 0.2) is 0 Å². The Hall–Kier alpha value is -2.81. The largest absolute Gasteiger partial charge is 0.240 e. The average molecular weight is 380 g/mol. The second-order valence-corrected chi connectivity index (χ2v) is 8.54. The average Bonchev–Trinajstić information content (AvgIpc) is 3.24. The smallest absolute Gasteiger partial charge is 0.204 e. The van der Waals surface area contributed by atoms with E-state index in [1.807, 2.05) is 10.9 Å². The van der Waals surface area contributed by atoms with Gasteiger partial charge in [-0.25, -0.2) is 4.68 Å². The van der Waals surface area contributed by atoms with Crippen LogP contribution in [0.15, 0.2) is 79.1 Å². The van der Waals surface area contributed by atoms with Crippen LogP contribution in [-0.4, -0.2) is 16.5 Å². The summed E-state index contributed by atoms with van der Waals surface area (Å²) in [7, 11) is 0. The first kappa shape index (κ1) is 19.5. The van der Waals surface area contributed by atoms with Crippen molar-refractivity contribution in [2.24, 2.45) is 0 Å². The quantitative estimate of drug-likeness (QED) is 0.485.